The van der Waals surface area contributed by atoms with Gasteiger partial charge in [0, 0.05) is 18.7 Å². The second-order valence-electron chi connectivity index (χ2n) is 9.87. The van der Waals surface area contributed by atoms with Crippen molar-refractivity contribution in [3.63, 3.8) is 0 Å². The number of rotatable bonds is 12. The van der Waals surface area contributed by atoms with E-state index in [-0.39, 0.29) is 22.5 Å². The van der Waals surface area contributed by atoms with Gasteiger partial charge in [-0.2, -0.15) is 0 Å². The molecule has 0 saturated carbocycles. The van der Waals surface area contributed by atoms with E-state index in [1.807, 2.05) is 18.2 Å². The molecular weight excluding hydrogens is 430 g/mol. The molecule has 5 nitrogen and oxygen atoms in total. The third-order valence-electron chi connectivity index (χ3n) is 5.96. The number of benzene rings is 2. The number of nitrogens with one attached hydrogen (secondary N) is 1. The van der Waals surface area contributed by atoms with Crippen LogP contribution in [0.2, 0.25) is 0 Å². The molecule has 0 aliphatic heterocycles. The molecule has 6 heteroatoms. The summed E-state index contributed by atoms with van der Waals surface area (Å²) >= 11 is 1.32. The molecular formula is C27H39N3O2S. The fourth-order valence-corrected chi connectivity index (χ4v) is 4.85. The average Bonchev–Trinajstić information content (AvgIpc) is 2.75. The summed E-state index contributed by atoms with van der Waals surface area (Å²) in [5, 5.41) is 3.09. The molecule has 33 heavy (non-hydrogen) atoms. The molecule has 0 aliphatic carbocycles. The van der Waals surface area contributed by atoms with Gasteiger partial charge in [0.05, 0.1) is 0 Å². The largest absolute Gasteiger partial charge is 0.352 e. The Kier molecular flexibility index (Phi) is 10.5. The third-order valence-corrected chi connectivity index (χ3v) is 6.97. The molecule has 0 spiro atoms. The highest BCUT2D eigenvalue weighted by molar-refractivity contribution is 8.13. The van der Waals surface area contributed by atoms with E-state index < -0.39 is 6.03 Å². The van der Waals surface area contributed by atoms with Crippen molar-refractivity contribution in [2.24, 2.45) is 17.1 Å². The first-order chi connectivity index (χ1) is 15.6. The fourth-order valence-electron chi connectivity index (χ4n) is 4.05. The molecule has 0 radical (unpaired) electrons. The van der Waals surface area contributed by atoms with Gasteiger partial charge in [0.2, 0.25) is 0 Å². The van der Waals surface area contributed by atoms with Crippen molar-refractivity contribution in [3.8, 4) is 11.1 Å². The summed E-state index contributed by atoms with van der Waals surface area (Å²) in [5.41, 5.74) is 9.14. The van der Waals surface area contributed by atoms with Gasteiger partial charge in [-0.1, -0.05) is 80.2 Å². The molecule has 0 saturated heterocycles. The van der Waals surface area contributed by atoms with E-state index in [1.54, 1.807) is 6.92 Å². The summed E-state index contributed by atoms with van der Waals surface area (Å²) in [7, 11) is 4.14. The van der Waals surface area contributed by atoms with Crippen molar-refractivity contribution in [1.29, 1.82) is 0 Å². The van der Waals surface area contributed by atoms with Gasteiger partial charge in [-0.25, -0.2) is 4.79 Å². The second-order valence-corrected chi connectivity index (χ2v) is 11.1. The van der Waals surface area contributed by atoms with Crippen LogP contribution in [0.5, 0.6) is 0 Å². The summed E-state index contributed by atoms with van der Waals surface area (Å²) in [5.74, 6) is 0.734. The first-order valence-electron chi connectivity index (χ1n) is 11.5. The van der Waals surface area contributed by atoms with Crippen LogP contribution in [0.15, 0.2) is 54.6 Å². The molecule has 2 amide bonds. The van der Waals surface area contributed by atoms with Crippen LogP contribution in [0.3, 0.4) is 0 Å². The zero-order valence-corrected chi connectivity index (χ0v) is 21.5. The molecule has 0 aliphatic rings. The van der Waals surface area contributed by atoms with E-state index in [0.717, 1.165) is 25.8 Å². The normalized spacial score (nSPS) is 13.5. The quantitative estimate of drug-likeness (QED) is 0.448. The predicted octanol–water partition coefficient (Wildman–Crippen LogP) is 5.20. The predicted molar refractivity (Wildman–Crippen MR) is 140 cm³/mol. The lowest BCUT2D eigenvalue weighted by molar-refractivity contribution is -0.109. The lowest BCUT2D eigenvalue weighted by Gasteiger charge is -2.35. The summed E-state index contributed by atoms with van der Waals surface area (Å²) < 4.78 is 0. The zero-order chi connectivity index (χ0) is 24.4. The number of nitrogens with two attached hydrogens (primary N) is 1. The maximum absolute atomic E-state index is 11.9. The lowest BCUT2D eigenvalue weighted by atomic mass is 9.78. The van der Waals surface area contributed by atoms with E-state index in [0.29, 0.717) is 5.75 Å². The number of nitrogens with zero attached hydrogens (tertiary/aromatic N) is 1. The second kappa shape index (κ2) is 12.8. The van der Waals surface area contributed by atoms with Gasteiger partial charge >= 0.3 is 6.03 Å². The number of hydrogen-bond acceptors (Lipinski definition) is 4. The number of hydrogen-bond donors (Lipinski definition) is 2. The van der Waals surface area contributed by atoms with Crippen molar-refractivity contribution in [1.82, 2.24) is 10.2 Å². The van der Waals surface area contributed by atoms with Gasteiger partial charge in [0.1, 0.15) is 0 Å². The van der Waals surface area contributed by atoms with Crippen LogP contribution < -0.4 is 11.1 Å². The van der Waals surface area contributed by atoms with E-state index in [4.69, 9.17) is 5.73 Å². The van der Waals surface area contributed by atoms with Crippen LogP contribution in [0, 0.1) is 11.3 Å². The van der Waals surface area contributed by atoms with Crippen LogP contribution in [-0.4, -0.2) is 48.5 Å². The Morgan fingerprint density at radius 2 is 1.64 bits per heavy atom. The molecule has 0 heterocycles. The Bertz CT molecular complexity index is 882. The molecule has 2 aromatic rings. The van der Waals surface area contributed by atoms with Crippen LogP contribution in [0.1, 0.15) is 39.2 Å². The highest BCUT2D eigenvalue weighted by Gasteiger charge is 2.30. The number of urea groups is 1. The van der Waals surface area contributed by atoms with E-state index >= 15 is 0 Å². The maximum atomic E-state index is 11.9. The van der Waals surface area contributed by atoms with E-state index in [1.165, 1.54) is 28.5 Å². The van der Waals surface area contributed by atoms with Gasteiger partial charge in [-0.15, -0.1) is 0 Å². The van der Waals surface area contributed by atoms with Crippen molar-refractivity contribution < 1.29 is 9.59 Å². The highest BCUT2D eigenvalue weighted by atomic mass is 32.2. The molecule has 2 atom stereocenters. The standard InChI is InChI=1S/C27H39N3O2S/c1-20(31)33-19-24(25(29-26(28)32)18-27(2,3)15-16-30(4)5)17-21-11-13-23(14-12-21)22-9-7-6-8-10-22/h6-14,24-25H,15-19H2,1-5H3,(H3,28,29,32)/t24-,25?/m1/s1. The fraction of sp³-hybridized carbons (Fsp3) is 0.481. The SMILES string of the molecule is CC(=O)SC[C@@H](Cc1ccc(-c2ccccc2)cc1)C(CC(C)(C)CCN(C)C)NC(N)=O. The Balaban J connectivity index is 2.22. The smallest absolute Gasteiger partial charge is 0.312 e. The van der Waals surface area contributed by atoms with Crippen LogP contribution in [-0.2, 0) is 11.2 Å². The summed E-state index contributed by atoms with van der Waals surface area (Å²) in [6, 6.07) is 18.2. The van der Waals surface area contributed by atoms with Crippen molar-refractivity contribution in [2.75, 3.05) is 26.4 Å². The first-order valence-corrected chi connectivity index (χ1v) is 12.5. The topological polar surface area (TPSA) is 75.4 Å². The molecule has 0 bridgehead atoms. The third kappa shape index (κ3) is 10.0. The summed E-state index contributed by atoms with van der Waals surface area (Å²) in [4.78, 5) is 25.8. The van der Waals surface area contributed by atoms with Crippen LogP contribution >= 0.6 is 11.8 Å². The number of carbonyl (C=O) groups excluding carboxylic acids is 2. The minimum Gasteiger partial charge on any atom is -0.352 e. The Morgan fingerprint density at radius 1 is 1.03 bits per heavy atom. The van der Waals surface area contributed by atoms with Crippen LogP contribution in [0.25, 0.3) is 11.1 Å². The first kappa shape index (κ1) is 26.9. The molecule has 2 rings (SSSR count). The summed E-state index contributed by atoms with van der Waals surface area (Å²) in [6.45, 7) is 7.03. The lowest BCUT2D eigenvalue weighted by Crippen LogP contribution is -2.47. The highest BCUT2D eigenvalue weighted by Crippen LogP contribution is 2.32. The minimum absolute atomic E-state index is 0.0215. The van der Waals surface area contributed by atoms with Gasteiger partial charge in [-0.3, -0.25) is 4.79 Å². The van der Waals surface area contributed by atoms with Gasteiger partial charge in [0.15, 0.2) is 5.12 Å². The molecule has 180 valence electrons. The molecule has 2 aromatic carbocycles. The average molecular weight is 470 g/mol. The Hall–Kier alpha value is -2.31. The molecule has 1 unspecified atom stereocenters. The molecule has 0 fully saturated rings. The minimum atomic E-state index is -0.513. The molecule has 0 aromatic heterocycles. The Labute approximate surface area is 203 Å². The monoisotopic (exact) mass is 469 g/mol. The van der Waals surface area contributed by atoms with Crippen molar-refractivity contribution in [2.45, 2.75) is 46.1 Å². The van der Waals surface area contributed by atoms with Gasteiger partial charge in [-0.05, 0) is 67.9 Å². The van der Waals surface area contributed by atoms with Crippen molar-refractivity contribution in [3.05, 3.63) is 60.2 Å². The molecule has 3 N–H and O–H groups in total. The zero-order valence-electron chi connectivity index (χ0n) is 20.6. The van der Waals surface area contributed by atoms with Gasteiger partial charge in [0.25, 0.3) is 0 Å². The number of primary amides is 1. The number of amides is 2. The van der Waals surface area contributed by atoms with Crippen molar-refractivity contribution >= 4 is 22.9 Å². The van der Waals surface area contributed by atoms with E-state index in [9.17, 15) is 9.59 Å². The number of thioether (sulfide) groups is 1. The Morgan fingerprint density at radius 3 is 2.18 bits per heavy atom. The number of carbonyl (C=O) groups is 2. The summed E-state index contributed by atoms with van der Waals surface area (Å²) in [6.07, 6.45) is 2.58. The maximum Gasteiger partial charge on any atom is 0.312 e. The van der Waals surface area contributed by atoms with Crippen LogP contribution in [0.4, 0.5) is 4.79 Å². The van der Waals surface area contributed by atoms with Gasteiger partial charge < -0.3 is 16.0 Å². The van der Waals surface area contributed by atoms with E-state index in [2.05, 4.69) is 74.6 Å².